The number of rotatable bonds is 6. The van der Waals surface area contributed by atoms with E-state index < -0.39 is 0 Å². The lowest BCUT2D eigenvalue weighted by atomic mass is 9.92. The van der Waals surface area contributed by atoms with Gasteiger partial charge in [0, 0.05) is 18.8 Å². The van der Waals surface area contributed by atoms with Crippen LogP contribution < -0.4 is 5.32 Å². The van der Waals surface area contributed by atoms with Gasteiger partial charge in [-0.15, -0.1) is 0 Å². The number of aromatic nitrogens is 2. The van der Waals surface area contributed by atoms with Gasteiger partial charge in [-0.05, 0) is 62.6 Å². The summed E-state index contributed by atoms with van der Waals surface area (Å²) in [6.45, 7) is 3.09. The molecule has 4 heteroatoms. The second kappa shape index (κ2) is 7.19. The number of likely N-dealkylation sites (N-methyl/N-ethyl adjacent to an activating group) is 1. The van der Waals surface area contributed by atoms with Gasteiger partial charge in [-0.3, -0.25) is 4.68 Å². The summed E-state index contributed by atoms with van der Waals surface area (Å²) in [5, 5.41) is 7.84. The Bertz CT molecular complexity index is 345. The molecule has 0 amide bonds. The van der Waals surface area contributed by atoms with Crippen LogP contribution in [0.1, 0.15) is 31.7 Å². The molecule has 1 aromatic heterocycles. The molecule has 1 N–H and O–H groups in total. The van der Waals surface area contributed by atoms with E-state index in [9.17, 15) is 0 Å². The van der Waals surface area contributed by atoms with Crippen molar-refractivity contribution in [2.24, 2.45) is 5.92 Å². The molecule has 102 valence electrons. The maximum absolute atomic E-state index is 4.35. The van der Waals surface area contributed by atoms with Gasteiger partial charge in [-0.2, -0.15) is 16.9 Å². The normalized spacial score (nSPS) is 19.0. The molecule has 1 unspecified atom stereocenters. The first kappa shape index (κ1) is 13.9. The first-order valence-corrected chi connectivity index (χ1v) is 8.23. The third-order valence-corrected chi connectivity index (χ3v) is 4.91. The highest BCUT2D eigenvalue weighted by Gasteiger charge is 2.18. The van der Waals surface area contributed by atoms with Crippen molar-refractivity contribution in [2.75, 3.05) is 18.6 Å². The van der Waals surface area contributed by atoms with E-state index >= 15 is 0 Å². The standard InChI is InChI=1S/C14H25N3S/c1-3-17-11-13(10-16-17)9-14(15-2)8-12-4-6-18-7-5-12/h10-12,14-15H,3-9H2,1-2H3. The lowest BCUT2D eigenvalue weighted by Gasteiger charge is -2.26. The van der Waals surface area contributed by atoms with Crippen LogP contribution in [0.2, 0.25) is 0 Å². The second-order valence-corrected chi connectivity index (χ2v) is 6.41. The third kappa shape index (κ3) is 4.02. The van der Waals surface area contributed by atoms with Crippen molar-refractivity contribution in [3.8, 4) is 0 Å². The average molecular weight is 267 g/mol. The molecule has 2 heterocycles. The van der Waals surface area contributed by atoms with Crippen molar-refractivity contribution in [1.82, 2.24) is 15.1 Å². The Labute approximate surface area is 115 Å². The van der Waals surface area contributed by atoms with E-state index in [1.54, 1.807) is 0 Å². The Kier molecular flexibility index (Phi) is 5.57. The molecule has 1 aliphatic rings. The van der Waals surface area contributed by atoms with Gasteiger partial charge in [0.2, 0.25) is 0 Å². The van der Waals surface area contributed by atoms with Crippen LogP contribution >= 0.6 is 11.8 Å². The molecule has 0 spiro atoms. The number of nitrogens with zero attached hydrogens (tertiary/aromatic N) is 2. The highest BCUT2D eigenvalue weighted by atomic mass is 32.2. The summed E-state index contributed by atoms with van der Waals surface area (Å²) in [6, 6.07) is 0.604. The Hall–Kier alpha value is -0.480. The molecule has 1 atom stereocenters. The summed E-state index contributed by atoms with van der Waals surface area (Å²) in [5.74, 6) is 3.63. The molecule has 3 nitrogen and oxygen atoms in total. The summed E-state index contributed by atoms with van der Waals surface area (Å²) < 4.78 is 2.01. The van der Waals surface area contributed by atoms with Gasteiger partial charge in [-0.1, -0.05) is 0 Å². The van der Waals surface area contributed by atoms with Gasteiger partial charge in [0.25, 0.3) is 0 Å². The molecular formula is C14H25N3S. The summed E-state index contributed by atoms with van der Waals surface area (Å²) in [6.07, 6.45) is 9.42. The minimum absolute atomic E-state index is 0.604. The predicted octanol–water partition coefficient (Wildman–Crippen LogP) is 2.57. The molecule has 0 radical (unpaired) electrons. The maximum atomic E-state index is 4.35. The molecule has 0 aliphatic carbocycles. The van der Waals surface area contributed by atoms with E-state index in [4.69, 9.17) is 0 Å². The SMILES string of the molecule is CCn1cc(CC(CC2CCSCC2)NC)cn1. The first-order valence-electron chi connectivity index (χ1n) is 7.08. The van der Waals surface area contributed by atoms with Gasteiger partial charge in [-0.25, -0.2) is 0 Å². The van der Waals surface area contributed by atoms with E-state index in [-0.39, 0.29) is 0 Å². The van der Waals surface area contributed by atoms with E-state index in [0.29, 0.717) is 6.04 Å². The van der Waals surface area contributed by atoms with Crippen LogP contribution in [-0.4, -0.2) is 34.4 Å². The predicted molar refractivity (Wildman–Crippen MR) is 79.1 cm³/mol. The van der Waals surface area contributed by atoms with Crippen molar-refractivity contribution in [3.05, 3.63) is 18.0 Å². The summed E-state index contributed by atoms with van der Waals surface area (Å²) in [5.41, 5.74) is 1.36. The van der Waals surface area contributed by atoms with Crippen LogP contribution in [0.3, 0.4) is 0 Å². The molecule has 0 bridgehead atoms. The molecule has 1 aromatic rings. The Morgan fingerprint density at radius 1 is 1.50 bits per heavy atom. The molecule has 1 fully saturated rings. The van der Waals surface area contributed by atoms with E-state index in [1.807, 2.05) is 10.9 Å². The fourth-order valence-electron chi connectivity index (χ4n) is 2.66. The molecule has 18 heavy (non-hydrogen) atoms. The van der Waals surface area contributed by atoms with Gasteiger partial charge in [0.05, 0.1) is 6.20 Å². The van der Waals surface area contributed by atoms with Crippen LogP contribution in [0.5, 0.6) is 0 Å². The fraction of sp³-hybridized carbons (Fsp3) is 0.786. The minimum Gasteiger partial charge on any atom is -0.317 e. The smallest absolute Gasteiger partial charge is 0.0522 e. The topological polar surface area (TPSA) is 29.9 Å². The molecule has 1 saturated heterocycles. The highest BCUT2D eigenvalue weighted by molar-refractivity contribution is 7.99. The van der Waals surface area contributed by atoms with Crippen molar-refractivity contribution < 1.29 is 0 Å². The maximum Gasteiger partial charge on any atom is 0.0522 e. The largest absolute Gasteiger partial charge is 0.317 e. The number of nitrogens with one attached hydrogen (secondary N) is 1. The van der Waals surface area contributed by atoms with Crippen molar-refractivity contribution in [2.45, 2.75) is 45.2 Å². The van der Waals surface area contributed by atoms with Crippen LogP contribution in [0.25, 0.3) is 0 Å². The van der Waals surface area contributed by atoms with Gasteiger partial charge < -0.3 is 5.32 Å². The number of thioether (sulfide) groups is 1. The number of hydrogen-bond donors (Lipinski definition) is 1. The van der Waals surface area contributed by atoms with E-state index in [0.717, 1.165) is 18.9 Å². The van der Waals surface area contributed by atoms with E-state index in [2.05, 4.69) is 42.3 Å². The zero-order valence-electron chi connectivity index (χ0n) is 11.6. The number of aryl methyl sites for hydroxylation is 1. The van der Waals surface area contributed by atoms with Gasteiger partial charge in [0.1, 0.15) is 0 Å². The quantitative estimate of drug-likeness (QED) is 0.859. The molecule has 1 aliphatic heterocycles. The van der Waals surface area contributed by atoms with Gasteiger partial charge >= 0.3 is 0 Å². The Balaban J connectivity index is 1.84. The monoisotopic (exact) mass is 267 g/mol. The van der Waals surface area contributed by atoms with Crippen molar-refractivity contribution in [1.29, 1.82) is 0 Å². The lowest BCUT2D eigenvalue weighted by molar-refractivity contribution is 0.376. The Morgan fingerprint density at radius 2 is 2.28 bits per heavy atom. The summed E-state index contributed by atoms with van der Waals surface area (Å²) >= 11 is 2.11. The number of hydrogen-bond acceptors (Lipinski definition) is 3. The van der Waals surface area contributed by atoms with Crippen LogP contribution in [0, 0.1) is 5.92 Å². The van der Waals surface area contributed by atoms with Crippen LogP contribution in [0.4, 0.5) is 0 Å². The lowest BCUT2D eigenvalue weighted by Crippen LogP contribution is -2.31. The Morgan fingerprint density at radius 3 is 2.89 bits per heavy atom. The summed E-state index contributed by atoms with van der Waals surface area (Å²) in [4.78, 5) is 0. The zero-order valence-corrected chi connectivity index (χ0v) is 12.4. The zero-order chi connectivity index (χ0) is 12.8. The summed E-state index contributed by atoms with van der Waals surface area (Å²) in [7, 11) is 2.09. The first-order chi connectivity index (χ1) is 8.81. The highest BCUT2D eigenvalue weighted by Crippen LogP contribution is 2.26. The minimum atomic E-state index is 0.604. The molecular weight excluding hydrogens is 242 g/mol. The van der Waals surface area contributed by atoms with Crippen LogP contribution in [-0.2, 0) is 13.0 Å². The fourth-order valence-corrected chi connectivity index (χ4v) is 3.86. The van der Waals surface area contributed by atoms with Crippen LogP contribution in [0.15, 0.2) is 12.4 Å². The second-order valence-electron chi connectivity index (χ2n) is 5.19. The molecule has 0 aromatic carbocycles. The molecule has 0 saturated carbocycles. The molecule has 2 rings (SSSR count). The van der Waals surface area contributed by atoms with Gasteiger partial charge in [0.15, 0.2) is 0 Å². The van der Waals surface area contributed by atoms with Crippen molar-refractivity contribution >= 4 is 11.8 Å². The third-order valence-electron chi connectivity index (χ3n) is 3.86. The van der Waals surface area contributed by atoms with E-state index in [1.165, 1.54) is 36.3 Å². The van der Waals surface area contributed by atoms with Crippen molar-refractivity contribution in [3.63, 3.8) is 0 Å². The average Bonchev–Trinajstić information content (AvgIpc) is 2.87.